The predicted octanol–water partition coefficient (Wildman–Crippen LogP) is 4.07. The van der Waals surface area contributed by atoms with Gasteiger partial charge in [-0.1, -0.05) is 30.3 Å². The Balaban J connectivity index is 1.54. The fraction of sp³-hybridized carbons (Fsp3) is 0.455. The van der Waals surface area contributed by atoms with Gasteiger partial charge in [-0.15, -0.1) is 0 Å². The first-order chi connectivity index (χ1) is 12.4. The summed E-state index contributed by atoms with van der Waals surface area (Å²) >= 11 is 0. The lowest BCUT2D eigenvalue weighted by Gasteiger charge is -2.33. The van der Waals surface area contributed by atoms with Crippen molar-refractivity contribution in [1.82, 2.24) is 10.3 Å². The second-order valence-electron chi connectivity index (χ2n) is 8.23. The molecule has 2 heterocycles. The maximum atomic E-state index is 12.2. The Labute approximate surface area is 156 Å². The molecule has 26 heavy (non-hydrogen) atoms. The first-order valence-corrected chi connectivity index (χ1v) is 9.48. The number of amides is 1. The highest BCUT2D eigenvalue weighted by molar-refractivity contribution is 5.92. The topological polar surface area (TPSA) is 45.2 Å². The second kappa shape index (κ2) is 7.90. The maximum absolute atomic E-state index is 12.2. The van der Waals surface area contributed by atoms with E-state index < -0.39 is 0 Å². The lowest BCUT2D eigenvalue weighted by Crippen LogP contribution is -2.41. The number of anilines is 1. The Morgan fingerprint density at radius 3 is 2.38 bits per heavy atom. The normalized spacial score (nSPS) is 15.7. The summed E-state index contributed by atoms with van der Waals surface area (Å²) in [5.74, 6) is 0.629. The van der Waals surface area contributed by atoms with Crippen LogP contribution in [0.5, 0.6) is 0 Å². The summed E-state index contributed by atoms with van der Waals surface area (Å²) in [4.78, 5) is 18.9. The molecule has 0 unspecified atom stereocenters. The van der Waals surface area contributed by atoms with E-state index in [1.807, 2.05) is 39.1 Å². The minimum Gasteiger partial charge on any atom is -0.370 e. The molecule has 2 aromatic rings. The van der Waals surface area contributed by atoms with Crippen LogP contribution in [0, 0.1) is 5.92 Å². The number of carbonyl (C=O) groups excluding carboxylic acids is 1. The fourth-order valence-corrected chi connectivity index (χ4v) is 3.45. The summed E-state index contributed by atoms with van der Waals surface area (Å²) in [6, 6.07) is 14.6. The average Bonchev–Trinajstić information content (AvgIpc) is 2.62. The van der Waals surface area contributed by atoms with E-state index in [0.717, 1.165) is 24.7 Å². The number of hydrogen-bond donors (Lipinski definition) is 1. The molecular weight excluding hydrogens is 322 g/mol. The third-order valence-corrected chi connectivity index (χ3v) is 4.82. The van der Waals surface area contributed by atoms with E-state index in [-0.39, 0.29) is 11.4 Å². The van der Waals surface area contributed by atoms with Gasteiger partial charge < -0.3 is 10.2 Å². The molecule has 1 amide bonds. The minimum atomic E-state index is -0.252. The van der Waals surface area contributed by atoms with Gasteiger partial charge in [-0.2, -0.15) is 0 Å². The molecule has 0 aliphatic carbocycles. The molecule has 1 aromatic heterocycles. The summed E-state index contributed by atoms with van der Waals surface area (Å²) in [5.41, 5.74) is 2.76. The van der Waals surface area contributed by atoms with Crippen molar-refractivity contribution in [2.75, 3.05) is 18.0 Å². The van der Waals surface area contributed by atoms with Crippen molar-refractivity contribution < 1.29 is 4.79 Å². The summed E-state index contributed by atoms with van der Waals surface area (Å²) < 4.78 is 0. The number of pyridine rings is 1. The summed E-state index contributed by atoms with van der Waals surface area (Å²) in [7, 11) is 0. The lowest BCUT2D eigenvalue weighted by atomic mass is 9.90. The smallest absolute Gasteiger partial charge is 0.270 e. The molecule has 0 bridgehead atoms. The van der Waals surface area contributed by atoms with Crippen molar-refractivity contribution in [3.05, 3.63) is 59.9 Å². The SMILES string of the molecule is CC(C)(C)NC(=O)c1ccc(N2CCC(Cc3ccccc3)CC2)cn1. The van der Waals surface area contributed by atoms with Crippen LogP contribution in [0.4, 0.5) is 5.69 Å². The number of carbonyl (C=O) groups is 1. The standard InChI is InChI=1S/C22H29N3O/c1-22(2,3)24-21(26)20-10-9-19(16-23-20)25-13-11-18(12-14-25)15-17-7-5-4-6-8-17/h4-10,16,18H,11-15H2,1-3H3,(H,24,26). The molecule has 0 radical (unpaired) electrons. The predicted molar refractivity (Wildman–Crippen MR) is 107 cm³/mol. The van der Waals surface area contributed by atoms with Crippen LogP contribution in [0.1, 0.15) is 49.7 Å². The zero-order chi connectivity index (χ0) is 18.6. The number of nitrogens with zero attached hydrogens (tertiary/aromatic N) is 2. The van der Waals surface area contributed by atoms with E-state index in [2.05, 4.69) is 45.5 Å². The molecule has 0 saturated carbocycles. The Morgan fingerprint density at radius 1 is 1.12 bits per heavy atom. The van der Waals surface area contributed by atoms with Gasteiger partial charge in [-0.3, -0.25) is 4.79 Å². The van der Waals surface area contributed by atoms with Crippen molar-refractivity contribution in [2.45, 2.75) is 45.6 Å². The van der Waals surface area contributed by atoms with Gasteiger partial charge in [0.15, 0.2) is 0 Å². The van der Waals surface area contributed by atoms with Gasteiger partial charge in [-0.25, -0.2) is 4.98 Å². The highest BCUT2D eigenvalue weighted by Gasteiger charge is 2.21. The van der Waals surface area contributed by atoms with Crippen LogP contribution in [0.3, 0.4) is 0 Å². The van der Waals surface area contributed by atoms with Crippen molar-refractivity contribution in [3.63, 3.8) is 0 Å². The van der Waals surface area contributed by atoms with Gasteiger partial charge in [0, 0.05) is 18.6 Å². The van der Waals surface area contributed by atoms with Crippen molar-refractivity contribution in [1.29, 1.82) is 0 Å². The van der Waals surface area contributed by atoms with Crippen molar-refractivity contribution >= 4 is 11.6 Å². The van der Waals surface area contributed by atoms with Crippen LogP contribution >= 0.6 is 0 Å². The third kappa shape index (κ3) is 5.07. The number of benzene rings is 1. The van der Waals surface area contributed by atoms with Gasteiger partial charge in [0.2, 0.25) is 0 Å². The van der Waals surface area contributed by atoms with Gasteiger partial charge in [0.1, 0.15) is 5.69 Å². The van der Waals surface area contributed by atoms with E-state index in [4.69, 9.17) is 0 Å². The Morgan fingerprint density at radius 2 is 1.81 bits per heavy atom. The van der Waals surface area contributed by atoms with E-state index in [1.54, 1.807) is 0 Å². The lowest BCUT2D eigenvalue weighted by molar-refractivity contribution is 0.0914. The molecule has 1 saturated heterocycles. The zero-order valence-corrected chi connectivity index (χ0v) is 16.0. The molecule has 4 heteroatoms. The van der Waals surface area contributed by atoms with Crippen molar-refractivity contribution in [3.8, 4) is 0 Å². The van der Waals surface area contributed by atoms with E-state index >= 15 is 0 Å². The molecule has 1 aliphatic rings. The monoisotopic (exact) mass is 351 g/mol. The Hall–Kier alpha value is -2.36. The van der Waals surface area contributed by atoms with Crippen LogP contribution < -0.4 is 10.2 Å². The summed E-state index contributed by atoms with van der Waals surface area (Å²) in [6.45, 7) is 8.01. The number of nitrogens with one attached hydrogen (secondary N) is 1. The zero-order valence-electron chi connectivity index (χ0n) is 16.0. The highest BCUT2D eigenvalue weighted by Crippen LogP contribution is 2.25. The molecule has 1 fully saturated rings. The van der Waals surface area contributed by atoms with E-state index in [1.165, 1.54) is 24.8 Å². The number of hydrogen-bond acceptors (Lipinski definition) is 3. The number of piperidine rings is 1. The molecule has 4 nitrogen and oxygen atoms in total. The molecule has 1 N–H and O–H groups in total. The third-order valence-electron chi connectivity index (χ3n) is 4.82. The van der Waals surface area contributed by atoms with Crippen LogP contribution in [-0.4, -0.2) is 29.5 Å². The Bertz CT molecular complexity index is 711. The van der Waals surface area contributed by atoms with Gasteiger partial charge in [0.25, 0.3) is 5.91 Å². The van der Waals surface area contributed by atoms with Crippen LogP contribution in [-0.2, 0) is 6.42 Å². The van der Waals surface area contributed by atoms with Crippen LogP contribution in [0.25, 0.3) is 0 Å². The second-order valence-corrected chi connectivity index (χ2v) is 8.23. The molecular formula is C22H29N3O. The maximum Gasteiger partial charge on any atom is 0.270 e. The average molecular weight is 351 g/mol. The van der Waals surface area contributed by atoms with Crippen LogP contribution in [0.2, 0.25) is 0 Å². The summed E-state index contributed by atoms with van der Waals surface area (Å²) in [6.07, 6.45) is 5.39. The van der Waals surface area contributed by atoms with Crippen molar-refractivity contribution in [2.24, 2.45) is 5.92 Å². The first kappa shape index (κ1) is 18.4. The van der Waals surface area contributed by atoms with Gasteiger partial charge >= 0.3 is 0 Å². The van der Waals surface area contributed by atoms with Gasteiger partial charge in [-0.05, 0) is 63.6 Å². The van der Waals surface area contributed by atoms with E-state index in [0.29, 0.717) is 5.69 Å². The number of aromatic nitrogens is 1. The van der Waals surface area contributed by atoms with E-state index in [9.17, 15) is 4.79 Å². The fourth-order valence-electron chi connectivity index (χ4n) is 3.45. The molecule has 1 aliphatic heterocycles. The minimum absolute atomic E-state index is 0.120. The molecule has 0 spiro atoms. The molecule has 3 rings (SSSR count). The molecule has 0 atom stereocenters. The largest absolute Gasteiger partial charge is 0.370 e. The number of rotatable bonds is 4. The van der Waals surface area contributed by atoms with Crippen LogP contribution in [0.15, 0.2) is 48.7 Å². The first-order valence-electron chi connectivity index (χ1n) is 9.48. The molecule has 1 aromatic carbocycles. The quantitative estimate of drug-likeness (QED) is 0.903. The summed E-state index contributed by atoms with van der Waals surface area (Å²) in [5, 5.41) is 2.95. The highest BCUT2D eigenvalue weighted by atomic mass is 16.2. The molecule has 138 valence electrons. The van der Waals surface area contributed by atoms with Gasteiger partial charge in [0.05, 0.1) is 11.9 Å². The Kier molecular flexibility index (Phi) is 5.60.